The zero-order valence-corrected chi connectivity index (χ0v) is 11.4. The normalized spacial score (nSPS) is 17.8. The molecule has 0 aromatic heterocycles. The number of carbonyl (C=O) groups is 2. The molecule has 0 saturated heterocycles. The fourth-order valence-corrected chi connectivity index (χ4v) is 2.57. The van der Waals surface area contributed by atoms with Crippen molar-refractivity contribution < 1.29 is 14.7 Å². The zero-order chi connectivity index (χ0) is 14.1. The monoisotopic (exact) mass is 273 g/mol. The van der Waals surface area contributed by atoms with E-state index in [1.807, 2.05) is 4.90 Å². The summed E-state index contributed by atoms with van der Waals surface area (Å²) < 4.78 is 0. The molecule has 2 aliphatic carbocycles. The Morgan fingerprint density at radius 3 is 2.45 bits per heavy atom. The number of hydrogen-bond acceptors (Lipinski definition) is 2. The molecule has 0 atom stereocenters. The molecule has 2 saturated carbocycles. The highest BCUT2D eigenvalue weighted by atomic mass is 16.4. The average molecular weight is 273 g/mol. The van der Waals surface area contributed by atoms with Crippen LogP contribution in [0.1, 0.15) is 41.6 Å². The zero-order valence-electron chi connectivity index (χ0n) is 11.4. The number of rotatable bonds is 6. The predicted molar refractivity (Wildman–Crippen MR) is 74.6 cm³/mol. The number of carbonyl (C=O) groups excluding carboxylic acids is 1. The maximum absolute atomic E-state index is 12.5. The van der Waals surface area contributed by atoms with Gasteiger partial charge in [-0.3, -0.25) is 4.79 Å². The van der Waals surface area contributed by atoms with Crippen LogP contribution in [0.2, 0.25) is 0 Å². The molecular weight excluding hydrogens is 254 g/mol. The summed E-state index contributed by atoms with van der Waals surface area (Å²) >= 11 is 0. The van der Waals surface area contributed by atoms with E-state index < -0.39 is 5.97 Å². The summed E-state index contributed by atoms with van der Waals surface area (Å²) in [5.74, 6) is -0.212. The largest absolute Gasteiger partial charge is 0.478 e. The molecule has 1 amide bonds. The molecule has 2 fully saturated rings. The Balaban J connectivity index is 1.72. The number of aromatic carboxylic acids is 1. The first-order chi connectivity index (χ1) is 9.65. The van der Waals surface area contributed by atoms with Crippen molar-refractivity contribution in [1.29, 1.82) is 0 Å². The lowest BCUT2D eigenvalue weighted by molar-refractivity contribution is -0.131. The summed E-state index contributed by atoms with van der Waals surface area (Å²) in [4.78, 5) is 25.6. The van der Waals surface area contributed by atoms with Crippen molar-refractivity contribution in [3.05, 3.63) is 35.4 Å². The lowest BCUT2D eigenvalue weighted by Gasteiger charge is -2.22. The maximum Gasteiger partial charge on any atom is 0.335 e. The maximum atomic E-state index is 12.5. The van der Waals surface area contributed by atoms with Crippen LogP contribution in [-0.4, -0.2) is 34.5 Å². The van der Waals surface area contributed by atoms with Crippen molar-refractivity contribution in [3.63, 3.8) is 0 Å². The molecule has 1 aromatic carbocycles. The molecule has 4 nitrogen and oxygen atoms in total. The van der Waals surface area contributed by atoms with E-state index in [-0.39, 0.29) is 17.9 Å². The number of amides is 1. The lowest BCUT2D eigenvalue weighted by atomic mass is 10.0. The first kappa shape index (κ1) is 13.2. The molecule has 0 bridgehead atoms. The second kappa shape index (κ2) is 5.27. The number of carboxylic acid groups (broad SMARTS) is 1. The molecule has 0 heterocycles. The average Bonchev–Trinajstić information content (AvgIpc) is 3.28. The lowest BCUT2D eigenvalue weighted by Crippen LogP contribution is -2.36. The summed E-state index contributed by atoms with van der Waals surface area (Å²) in [6, 6.07) is 7.19. The topological polar surface area (TPSA) is 57.6 Å². The van der Waals surface area contributed by atoms with Crippen molar-refractivity contribution in [2.75, 3.05) is 6.54 Å². The Bertz CT molecular complexity index is 532. The second-order valence-corrected chi connectivity index (χ2v) is 5.86. The van der Waals surface area contributed by atoms with Gasteiger partial charge in [-0.1, -0.05) is 18.2 Å². The molecule has 0 radical (unpaired) electrons. The van der Waals surface area contributed by atoms with Crippen LogP contribution in [0.15, 0.2) is 24.3 Å². The predicted octanol–water partition coefficient (Wildman–Crippen LogP) is 2.33. The van der Waals surface area contributed by atoms with Crippen molar-refractivity contribution in [3.8, 4) is 0 Å². The van der Waals surface area contributed by atoms with E-state index in [2.05, 4.69) is 0 Å². The molecular formula is C16H19NO3. The van der Waals surface area contributed by atoms with Gasteiger partial charge in [0, 0.05) is 12.6 Å². The summed E-state index contributed by atoms with van der Waals surface area (Å²) in [5, 5.41) is 9.17. The Labute approximate surface area is 118 Å². The Hall–Kier alpha value is -1.84. The van der Waals surface area contributed by atoms with Crippen LogP contribution >= 0.6 is 0 Å². The van der Waals surface area contributed by atoms with Gasteiger partial charge in [0.05, 0.1) is 12.0 Å². The Morgan fingerprint density at radius 1 is 1.15 bits per heavy atom. The summed E-state index contributed by atoms with van der Waals surface area (Å²) in [5.41, 5.74) is 0.856. The first-order valence-electron chi connectivity index (χ1n) is 7.26. The van der Waals surface area contributed by atoms with Gasteiger partial charge in [0.1, 0.15) is 0 Å². The first-order valence-corrected chi connectivity index (χ1v) is 7.26. The van der Waals surface area contributed by atoms with Gasteiger partial charge in [0.2, 0.25) is 5.91 Å². The third-order valence-electron chi connectivity index (χ3n) is 4.05. The number of hydrogen-bond donors (Lipinski definition) is 1. The van der Waals surface area contributed by atoms with E-state index in [4.69, 9.17) is 5.11 Å². The molecule has 0 unspecified atom stereocenters. The third-order valence-corrected chi connectivity index (χ3v) is 4.05. The molecule has 1 N–H and O–H groups in total. The van der Waals surface area contributed by atoms with Crippen molar-refractivity contribution in [1.82, 2.24) is 4.90 Å². The molecule has 106 valence electrons. The van der Waals surface area contributed by atoms with Crippen LogP contribution < -0.4 is 0 Å². The fourth-order valence-electron chi connectivity index (χ4n) is 2.57. The standard InChI is InChI=1S/C16H19NO3/c18-15(17(13-7-8-13)10-11-5-6-11)9-12-3-1-2-4-14(12)16(19)20/h1-4,11,13H,5-10H2,(H,19,20). The van der Waals surface area contributed by atoms with Gasteiger partial charge in [-0.25, -0.2) is 4.79 Å². The Kier molecular flexibility index (Phi) is 3.47. The smallest absolute Gasteiger partial charge is 0.335 e. The van der Waals surface area contributed by atoms with Gasteiger partial charge < -0.3 is 10.0 Å². The SMILES string of the molecule is O=C(O)c1ccccc1CC(=O)N(CC1CC1)C1CC1. The minimum atomic E-state index is -0.964. The van der Waals surface area contributed by atoms with E-state index in [0.717, 1.165) is 19.4 Å². The van der Waals surface area contributed by atoms with E-state index in [0.29, 0.717) is 17.5 Å². The van der Waals surface area contributed by atoms with Crippen LogP contribution in [0.5, 0.6) is 0 Å². The van der Waals surface area contributed by atoms with E-state index in [1.54, 1.807) is 24.3 Å². The summed E-state index contributed by atoms with van der Waals surface area (Å²) in [6.45, 7) is 0.860. The highest BCUT2D eigenvalue weighted by Gasteiger charge is 2.36. The van der Waals surface area contributed by atoms with Crippen LogP contribution in [0, 0.1) is 5.92 Å². The summed E-state index contributed by atoms with van der Waals surface area (Å²) in [7, 11) is 0. The van der Waals surface area contributed by atoms with Gasteiger partial charge in [0.25, 0.3) is 0 Å². The second-order valence-electron chi connectivity index (χ2n) is 5.86. The quantitative estimate of drug-likeness (QED) is 0.865. The third kappa shape index (κ3) is 3.00. The fraction of sp³-hybridized carbons (Fsp3) is 0.500. The summed E-state index contributed by atoms with van der Waals surface area (Å²) in [6.07, 6.45) is 4.84. The molecule has 4 heteroatoms. The molecule has 0 aliphatic heterocycles. The van der Waals surface area contributed by atoms with E-state index in [9.17, 15) is 9.59 Å². The minimum absolute atomic E-state index is 0.0769. The molecule has 20 heavy (non-hydrogen) atoms. The van der Waals surface area contributed by atoms with Crippen LogP contribution in [-0.2, 0) is 11.2 Å². The van der Waals surface area contributed by atoms with E-state index >= 15 is 0 Å². The molecule has 0 spiro atoms. The van der Waals surface area contributed by atoms with Crippen molar-refractivity contribution >= 4 is 11.9 Å². The Morgan fingerprint density at radius 2 is 1.85 bits per heavy atom. The highest BCUT2D eigenvalue weighted by molar-refractivity contribution is 5.91. The number of carboxylic acids is 1. The molecule has 3 rings (SSSR count). The van der Waals surface area contributed by atoms with Gasteiger partial charge in [-0.15, -0.1) is 0 Å². The van der Waals surface area contributed by atoms with Crippen molar-refractivity contribution in [2.45, 2.75) is 38.1 Å². The number of nitrogens with zero attached hydrogens (tertiary/aromatic N) is 1. The number of benzene rings is 1. The molecule has 2 aliphatic rings. The van der Waals surface area contributed by atoms with Gasteiger partial charge in [-0.2, -0.15) is 0 Å². The minimum Gasteiger partial charge on any atom is -0.478 e. The van der Waals surface area contributed by atoms with Gasteiger partial charge in [-0.05, 0) is 43.2 Å². The van der Waals surface area contributed by atoms with Gasteiger partial charge >= 0.3 is 5.97 Å². The van der Waals surface area contributed by atoms with Gasteiger partial charge in [0.15, 0.2) is 0 Å². The highest BCUT2D eigenvalue weighted by Crippen LogP contribution is 2.35. The van der Waals surface area contributed by atoms with Crippen molar-refractivity contribution in [2.24, 2.45) is 5.92 Å². The van der Waals surface area contributed by atoms with Crippen LogP contribution in [0.25, 0.3) is 0 Å². The van der Waals surface area contributed by atoms with Crippen LogP contribution in [0.4, 0.5) is 0 Å². The van der Waals surface area contributed by atoms with Crippen LogP contribution in [0.3, 0.4) is 0 Å². The van der Waals surface area contributed by atoms with E-state index in [1.165, 1.54) is 12.8 Å². The molecule has 1 aromatic rings.